The van der Waals surface area contributed by atoms with Crippen molar-refractivity contribution in [3.05, 3.63) is 158 Å². The molecule has 4 aromatic carbocycles. The molecule has 0 aliphatic heterocycles. The van der Waals surface area contributed by atoms with Crippen LogP contribution in [-0.2, 0) is 5.41 Å². The zero-order valence-electron chi connectivity index (χ0n) is 22.8. The van der Waals surface area contributed by atoms with Gasteiger partial charge in [-0.2, -0.15) is 0 Å². The van der Waals surface area contributed by atoms with E-state index in [1.54, 1.807) is 0 Å². The van der Waals surface area contributed by atoms with Gasteiger partial charge in [0.15, 0.2) is 0 Å². The van der Waals surface area contributed by atoms with Gasteiger partial charge in [0.25, 0.3) is 0 Å². The number of hydrogen-bond acceptors (Lipinski definition) is 2. The lowest BCUT2D eigenvalue weighted by Crippen LogP contribution is -2.24. The van der Waals surface area contributed by atoms with Crippen molar-refractivity contribution in [2.75, 3.05) is 0 Å². The maximum absolute atomic E-state index is 4.20. The van der Waals surface area contributed by atoms with Gasteiger partial charge in [-0.1, -0.05) is 97.1 Å². The summed E-state index contributed by atoms with van der Waals surface area (Å²) in [5.41, 5.74) is 10.3. The molecule has 0 N–H and O–H groups in total. The molecule has 0 unspecified atom stereocenters. The molecular weight excluding hydrogens is 533 g/mol. The van der Waals surface area contributed by atoms with Crippen LogP contribution in [0, 0.1) is 0 Å². The molecule has 2 heteroatoms. The number of allylic oxidation sites excluding steroid dienone is 2. The smallest absolute Gasteiger partial charge is 0.0349 e. The fourth-order valence-electron chi connectivity index (χ4n) is 6.32. The van der Waals surface area contributed by atoms with E-state index in [0.29, 0.717) is 0 Å². The molecule has 1 aliphatic carbocycles. The number of fused-ring (bicyclic) bond motifs is 3. The van der Waals surface area contributed by atoms with E-state index in [1.807, 2.05) is 22.7 Å². The van der Waals surface area contributed by atoms with Gasteiger partial charge in [0.1, 0.15) is 0 Å². The molecule has 0 radical (unpaired) electrons. The van der Waals surface area contributed by atoms with Gasteiger partial charge in [0.05, 0.1) is 0 Å². The molecule has 1 aliphatic rings. The Morgan fingerprint density at radius 1 is 0.463 bits per heavy atom. The molecule has 2 aromatic heterocycles. The topological polar surface area (TPSA) is 0 Å². The lowest BCUT2D eigenvalue weighted by atomic mass is 9.72. The van der Waals surface area contributed by atoms with Crippen molar-refractivity contribution in [2.45, 2.75) is 18.3 Å². The van der Waals surface area contributed by atoms with Crippen LogP contribution in [0.2, 0.25) is 0 Å². The number of hydrogen-bond donors (Lipinski definition) is 0. The van der Waals surface area contributed by atoms with Gasteiger partial charge in [0, 0.05) is 24.9 Å². The zero-order chi connectivity index (χ0) is 27.8. The van der Waals surface area contributed by atoms with E-state index in [9.17, 15) is 0 Å². The molecule has 6 aromatic rings. The van der Waals surface area contributed by atoms with E-state index in [1.165, 1.54) is 64.0 Å². The fraction of sp³-hybridized carbons (Fsp3) is 0.0769. The molecule has 0 nitrogen and oxygen atoms in total. The van der Waals surface area contributed by atoms with E-state index < -0.39 is 0 Å². The van der Waals surface area contributed by atoms with E-state index in [2.05, 4.69) is 147 Å². The second-order valence-electron chi connectivity index (χ2n) is 10.6. The molecule has 198 valence electrons. The molecule has 41 heavy (non-hydrogen) atoms. The number of thiophene rings is 2. The first kappa shape index (κ1) is 25.7. The lowest BCUT2D eigenvalue weighted by Gasteiger charge is -2.30. The summed E-state index contributed by atoms with van der Waals surface area (Å²) >= 11 is 3.71. The maximum Gasteiger partial charge on any atom is 0.0349 e. The van der Waals surface area contributed by atoms with Crippen LogP contribution in [0.4, 0.5) is 0 Å². The van der Waals surface area contributed by atoms with Crippen molar-refractivity contribution in [3.8, 4) is 52.9 Å². The van der Waals surface area contributed by atoms with E-state index >= 15 is 0 Å². The summed E-state index contributed by atoms with van der Waals surface area (Å²) in [4.78, 5) is 5.18. The summed E-state index contributed by atoms with van der Waals surface area (Å²) in [7, 11) is 0. The quantitative estimate of drug-likeness (QED) is 0.162. The third-order valence-corrected chi connectivity index (χ3v) is 10.6. The summed E-state index contributed by atoms with van der Waals surface area (Å²) in [5.74, 6) is 0. The van der Waals surface area contributed by atoms with E-state index in [4.69, 9.17) is 0 Å². The average molecular weight is 563 g/mol. The molecule has 0 bridgehead atoms. The predicted octanol–water partition coefficient (Wildman–Crippen LogP) is 11.9. The van der Waals surface area contributed by atoms with Crippen LogP contribution < -0.4 is 0 Å². The van der Waals surface area contributed by atoms with Gasteiger partial charge in [-0.25, -0.2) is 0 Å². The largest absolute Gasteiger partial charge is 0.135 e. The number of rotatable bonds is 8. The van der Waals surface area contributed by atoms with Crippen LogP contribution in [0.25, 0.3) is 52.9 Å². The molecule has 0 saturated carbocycles. The van der Waals surface area contributed by atoms with E-state index in [0.717, 1.165) is 12.8 Å². The minimum atomic E-state index is -0.181. The highest BCUT2D eigenvalue weighted by atomic mass is 32.1. The van der Waals surface area contributed by atoms with Gasteiger partial charge in [0.2, 0.25) is 0 Å². The third kappa shape index (κ3) is 4.44. The predicted molar refractivity (Wildman–Crippen MR) is 180 cm³/mol. The second-order valence-corrected chi connectivity index (χ2v) is 12.8. The van der Waals surface area contributed by atoms with Gasteiger partial charge in [-0.3, -0.25) is 0 Å². The molecule has 0 atom stereocenters. The Hall–Kier alpha value is -4.24. The Kier molecular flexibility index (Phi) is 6.66. The minimum absolute atomic E-state index is 0.181. The molecular formula is C39H30S2. The minimum Gasteiger partial charge on any atom is -0.135 e. The maximum atomic E-state index is 4.20. The van der Waals surface area contributed by atoms with Crippen molar-refractivity contribution >= 4 is 22.7 Å². The molecule has 0 fully saturated rings. The van der Waals surface area contributed by atoms with Crippen molar-refractivity contribution in [1.82, 2.24) is 0 Å². The Labute approximate surface area is 250 Å². The highest BCUT2D eigenvalue weighted by molar-refractivity contribution is 7.19. The fourth-order valence-corrected chi connectivity index (χ4v) is 8.33. The Morgan fingerprint density at radius 3 is 1.24 bits per heavy atom. The molecule has 0 spiro atoms. The van der Waals surface area contributed by atoms with Gasteiger partial charge in [-0.05, 0) is 93.7 Å². The van der Waals surface area contributed by atoms with Crippen LogP contribution in [0.5, 0.6) is 0 Å². The second kappa shape index (κ2) is 10.6. The van der Waals surface area contributed by atoms with Crippen LogP contribution in [0.15, 0.2) is 147 Å². The van der Waals surface area contributed by atoms with Gasteiger partial charge < -0.3 is 0 Å². The van der Waals surface area contributed by atoms with Crippen LogP contribution in [0.3, 0.4) is 0 Å². The van der Waals surface area contributed by atoms with Crippen molar-refractivity contribution < 1.29 is 0 Å². The molecule has 2 heterocycles. The average Bonchev–Trinajstić information content (AvgIpc) is 3.77. The van der Waals surface area contributed by atoms with Gasteiger partial charge in [-0.15, -0.1) is 35.8 Å². The van der Waals surface area contributed by atoms with Crippen LogP contribution >= 0.6 is 22.7 Å². The first-order valence-electron chi connectivity index (χ1n) is 14.0. The Bertz CT molecular complexity index is 1730. The van der Waals surface area contributed by atoms with Crippen LogP contribution in [-0.4, -0.2) is 0 Å². The van der Waals surface area contributed by atoms with Crippen molar-refractivity contribution in [2.24, 2.45) is 0 Å². The highest BCUT2D eigenvalue weighted by Gasteiger charge is 2.41. The normalized spacial score (nSPS) is 13.0. The molecule has 0 amide bonds. The van der Waals surface area contributed by atoms with Crippen LogP contribution in [0.1, 0.15) is 24.0 Å². The van der Waals surface area contributed by atoms with Gasteiger partial charge >= 0.3 is 0 Å². The molecule has 0 saturated heterocycles. The van der Waals surface area contributed by atoms with E-state index in [-0.39, 0.29) is 5.41 Å². The summed E-state index contributed by atoms with van der Waals surface area (Å²) < 4.78 is 0. The highest BCUT2D eigenvalue weighted by Crippen LogP contribution is 2.55. The Morgan fingerprint density at radius 2 is 0.854 bits per heavy atom. The lowest BCUT2D eigenvalue weighted by molar-refractivity contribution is 0.544. The summed E-state index contributed by atoms with van der Waals surface area (Å²) in [6, 6.07) is 44.4. The number of benzene rings is 4. The third-order valence-electron chi connectivity index (χ3n) is 8.24. The standard InChI is InChI=1S/C39H30S2/c1-3-23-39(24-4-2)33-25-29(37-21-19-35(40-37)27-11-7-5-8-12-27)15-17-31(33)32-18-16-30(26-34(32)39)38-22-20-36(41-38)28-13-9-6-10-14-28/h3-22,25-26H,1-2,23-24H2. The summed E-state index contributed by atoms with van der Waals surface area (Å²) in [5, 5.41) is 0. The van der Waals surface area contributed by atoms with Crippen molar-refractivity contribution in [1.29, 1.82) is 0 Å². The first-order chi connectivity index (χ1) is 20.2. The Balaban J connectivity index is 1.32. The first-order valence-corrected chi connectivity index (χ1v) is 15.7. The van der Waals surface area contributed by atoms with Crippen molar-refractivity contribution in [3.63, 3.8) is 0 Å². The zero-order valence-corrected chi connectivity index (χ0v) is 24.5. The summed E-state index contributed by atoms with van der Waals surface area (Å²) in [6.07, 6.45) is 5.90. The SMILES string of the molecule is C=CCC1(CC=C)c2cc(-c3ccc(-c4ccccc4)s3)ccc2-c2ccc(-c3ccc(-c4ccccc4)s3)cc21. The monoisotopic (exact) mass is 562 g/mol. The summed E-state index contributed by atoms with van der Waals surface area (Å²) in [6.45, 7) is 8.40. The molecule has 7 rings (SSSR count).